The van der Waals surface area contributed by atoms with Crippen molar-refractivity contribution in [1.29, 1.82) is 0 Å². The van der Waals surface area contributed by atoms with Crippen LogP contribution >= 0.6 is 27.3 Å². The van der Waals surface area contributed by atoms with Gasteiger partial charge in [-0.05, 0) is 46.8 Å². The van der Waals surface area contributed by atoms with E-state index in [0.717, 1.165) is 3.79 Å². The third-order valence-electron chi connectivity index (χ3n) is 1.55. The summed E-state index contributed by atoms with van der Waals surface area (Å²) >= 11 is 5.11. The highest BCUT2D eigenvalue weighted by Gasteiger charge is 2.00. The number of guanidine groups is 1. The molecule has 0 unspecified atom stereocenters. The minimum atomic E-state index is 0.324. The summed E-state index contributed by atoms with van der Waals surface area (Å²) in [6.07, 6.45) is 0. The van der Waals surface area contributed by atoms with Gasteiger partial charge in [0.2, 0.25) is 0 Å². The quantitative estimate of drug-likeness (QED) is 0.657. The van der Waals surface area contributed by atoms with Gasteiger partial charge in [-0.25, -0.2) is 4.99 Å². The van der Waals surface area contributed by atoms with Crippen molar-refractivity contribution in [2.75, 3.05) is 0 Å². The summed E-state index contributed by atoms with van der Waals surface area (Å²) in [6.45, 7) is 4.68. The fourth-order valence-electron chi connectivity index (χ4n) is 0.944. The van der Waals surface area contributed by atoms with E-state index >= 15 is 0 Å². The SMILES string of the molecule is CC(C)NC(N)=NCc1ccsc1Br. The molecule has 0 bridgehead atoms. The van der Waals surface area contributed by atoms with Gasteiger partial charge in [-0.1, -0.05) is 0 Å². The van der Waals surface area contributed by atoms with Gasteiger partial charge in [0.1, 0.15) is 0 Å². The Morgan fingerprint density at radius 1 is 1.71 bits per heavy atom. The van der Waals surface area contributed by atoms with Gasteiger partial charge in [0, 0.05) is 6.04 Å². The largest absolute Gasteiger partial charge is 0.370 e. The van der Waals surface area contributed by atoms with Crippen LogP contribution in [0.4, 0.5) is 0 Å². The average Bonchev–Trinajstić information content (AvgIpc) is 2.46. The number of rotatable bonds is 3. The summed E-state index contributed by atoms with van der Waals surface area (Å²) in [5.41, 5.74) is 6.84. The molecule has 0 spiro atoms. The monoisotopic (exact) mass is 275 g/mol. The Hall–Kier alpha value is -0.550. The van der Waals surface area contributed by atoms with E-state index < -0.39 is 0 Å². The van der Waals surface area contributed by atoms with Crippen LogP contribution in [0.2, 0.25) is 0 Å². The number of nitrogens with zero attached hydrogens (tertiary/aromatic N) is 1. The minimum absolute atomic E-state index is 0.324. The second kappa shape index (κ2) is 5.36. The first-order valence-corrected chi connectivity index (χ1v) is 6.05. The fourth-order valence-corrected chi connectivity index (χ4v) is 2.16. The van der Waals surface area contributed by atoms with Crippen LogP contribution < -0.4 is 11.1 Å². The zero-order valence-corrected chi connectivity index (χ0v) is 10.7. The smallest absolute Gasteiger partial charge is 0.189 e. The number of aliphatic imine (C=N–C) groups is 1. The summed E-state index contributed by atoms with van der Waals surface area (Å²) in [7, 11) is 0. The molecule has 3 N–H and O–H groups in total. The lowest BCUT2D eigenvalue weighted by molar-refractivity contribution is 0.723. The van der Waals surface area contributed by atoms with E-state index in [9.17, 15) is 0 Å². The van der Waals surface area contributed by atoms with Crippen molar-refractivity contribution in [3.63, 3.8) is 0 Å². The van der Waals surface area contributed by atoms with Crippen molar-refractivity contribution in [1.82, 2.24) is 5.32 Å². The molecule has 0 fully saturated rings. The number of halogens is 1. The Morgan fingerprint density at radius 2 is 2.43 bits per heavy atom. The van der Waals surface area contributed by atoms with Crippen molar-refractivity contribution in [2.24, 2.45) is 10.7 Å². The molecule has 0 aliphatic carbocycles. The third-order valence-corrected chi connectivity index (χ3v) is 3.36. The van der Waals surface area contributed by atoms with Crippen molar-refractivity contribution in [3.05, 3.63) is 20.8 Å². The molecular formula is C9H14BrN3S. The van der Waals surface area contributed by atoms with E-state index in [1.807, 2.05) is 25.3 Å². The van der Waals surface area contributed by atoms with Crippen LogP contribution in [0.25, 0.3) is 0 Å². The molecule has 0 aromatic carbocycles. The number of hydrogen-bond donors (Lipinski definition) is 2. The van der Waals surface area contributed by atoms with Crippen LogP contribution in [0.1, 0.15) is 19.4 Å². The van der Waals surface area contributed by atoms with Crippen molar-refractivity contribution >= 4 is 33.2 Å². The Kier molecular flexibility index (Phi) is 4.41. The number of hydrogen-bond acceptors (Lipinski definition) is 2. The molecule has 0 aliphatic rings. The van der Waals surface area contributed by atoms with Crippen molar-refractivity contribution < 1.29 is 0 Å². The van der Waals surface area contributed by atoms with E-state index in [1.54, 1.807) is 11.3 Å². The molecule has 1 aromatic rings. The van der Waals surface area contributed by atoms with Crippen LogP contribution in [0.15, 0.2) is 20.2 Å². The maximum Gasteiger partial charge on any atom is 0.189 e. The minimum Gasteiger partial charge on any atom is -0.370 e. The predicted octanol–water partition coefficient (Wildman–Crippen LogP) is 2.32. The van der Waals surface area contributed by atoms with E-state index in [4.69, 9.17) is 5.73 Å². The molecule has 5 heteroatoms. The van der Waals surface area contributed by atoms with Crippen LogP contribution in [0.3, 0.4) is 0 Å². The molecule has 0 radical (unpaired) electrons. The second-order valence-corrected chi connectivity index (χ2v) is 5.45. The topological polar surface area (TPSA) is 50.4 Å². The Balaban J connectivity index is 2.50. The highest BCUT2D eigenvalue weighted by atomic mass is 79.9. The lowest BCUT2D eigenvalue weighted by Crippen LogP contribution is -2.36. The van der Waals surface area contributed by atoms with E-state index in [-0.39, 0.29) is 0 Å². The van der Waals surface area contributed by atoms with Gasteiger partial charge in [-0.3, -0.25) is 0 Å². The van der Waals surface area contributed by atoms with Gasteiger partial charge in [0.15, 0.2) is 5.96 Å². The maximum atomic E-state index is 5.67. The normalized spacial score (nSPS) is 12.1. The van der Waals surface area contributed by atoms with Gasteiger partial charge in [-0.15, -0.1) is 11.3 Å². The summed E-state index contributed by atoms with van der Waals surface area (Å²) in [4.78, 5) is 4.23. The molecule has 0 aliphatic heterocycles. The molecular weight excluding hydrogens is 262 g/mol. The first-order chi connectivity index (χ1) is 6.59. The molecule has 0 saturated heterocycles. The zero-order valence-electron chi connectivity index (χ0n) is 8.25. The molecule has 1 aromatic heterocycles. The van der Waals surface area contributed by atoms with Gasteiger partial charge in [0.05, 0.1) is 10.3 Å². The summed E-state index contributed by atoms with van der Waals surface area (Å²) in [5, 5.41) is 5.07. The molecule has 0 atom stereocenters. The van der Waals surface area contributed by atoms with Crippen LogP contribution in [0.5, 0.6) is 0 Å². The molecule has 1 rings (SSSR count). The van der Waals surface area contributed by atoms with E-state index in [2.05, 4.69) is 26.2 Å². The summed E-state index contributed by atoms with van der Waals surface area (Å²) in [5.74, 6) is 0.498. The van der Waals surface area contributed by atoms with Crippen molar-refractivity contribution in [2.45, 2.75) is 26.4 Å². The highest BCUT2D eigenvalue weighted by Crippen LogP contribution is 2.23. The molecule has 1 heterocycles. The molecule has 3 nitrogen and oxygen atoms in total. The zero-order chi connectivity index (χ0) is 10.6. The Morgan fingerprint density at radius 3 is 2.93 bits per heavy atom. The third kappa shape index (κ3) is 3.67. The highest BCUT2D eigenvalue weighted by molar-refractivity contribution is 9.11. The summed E-state index contributed by atoms with van der Waals surface area (Å²) < 4.78 is 1.12. The molecule has 78 valence electrons. The summed E-state index contributed by atoms with van der Waals surface area (Å²) in [6, 6.07) is 2.37. The van der Waals surface area contributed by atoms with Gasteiger partial charge < -0.3 is 11.1 Å². The van der Waals surface area contributed by atoms with Gasteiger partial charge >= 0.3 is 0 Å². The van der Waals surface area contributed by atoms with Gasteiger partial charge in [0.25, 0.3) is 0 Å². The van der Waals surface area contributed by atoms with E-state index in [0.29, 0.717) is 18.5 Å². The van der Waals surface area contributed by atoms with Crippen molar-refractivity contribution in [3.8, 4) is 0 Å². The maximum absolute atomic E-state index is 5.67. The number of nitrogens with one attached hydrogen (secondary N) is 1. The van der Waals surface area contributed by atoms with Crippen LogP contribution in [-0.2, 0) is 6.54 Å². The van der Waals surface area contributed by atoms with Gasteiger partial charge in [-0.2, -0.15) is 0 Å². The first kappa shape index (κ1) is 11.5. The van der Waals surface area contributed by atoms with Crippen LogP contribution in [0, 0.1) is 0 Å². The lowest BCUT2D eigenvalue weighted by atomic mass is 10.3. The standard InChI is InChI=1S/C9H14BrN3S/c1-6(2)13-9(11)12-5-7-3-4-14-8(7)10/h3-4,6H,5H2,1-2H3,(H3,11,12,13). The predicted molar refractivity (Wildman–Crippen MR) is 65.6 cm³/mol. The number of nitrogens with two attached hydrogens (primary N) is 1. The lowest BCUT2D eigenvalue weighted by Gasteiger charge is -2.07. The first-order valence-electron chi connectivity index (χ1n) is 4.38. The van der Waals surface area contributed by atoms with Crippen LogP contribution in [-0.4, -0.2) is 12.0 Å². The second-order valence-electron chi connectivity index (χ2n) is 3.22. The van der Waals surface area contributed by atoms with E-state index in [1.165, 1.54) is 5.56 Å². The number of thiophene rings is 1. The fraction of sp³-hybridized carbons (Fsp3) is 0.444. The molecule has 0 amide bonds. The molecule has 14 heavy (non-hydrogen) atoms. The Labute approximate surface area is 96.5 Å². The molecule has 0 saturated carbocycles. The Bertz CT molecular complexity index is 320. The average molecular weight is 276 g/mol.